The molecule has 0 N–H and O–H groups in total. The molecule has 0 aliphatic carbocycles. The minimum atomic E-state index is -1.86. The fraction of sp³-hybridized carbons (Fsp3) is 0.239. The number of aromatic nitrogens is 4. The van der Waals surface area contributed by atoms with Crippen molar-refractivity contribution < 1.29 is 24.5 Å². The third-order valence-electron chi connectivity index (χ3n) is 9.40. The number of benzene rings is 4. The summed E-state index contributed by atoms with van der Waals surface area (Å²) >= 11 is -1.86. The van der Waals surface area contributed by atoms with Crippen LogP contribution in [0.2, 0.25) is 17.3 Å². The maximum absolute atomic E-state index is 6.19. The fourth-order valence-electron chi connectivity index (χ4n) is 6.79. The predicted octanol–water partition coefficient (Wildman–Crippen LogP) is 11.4. The minimum absolute atomic E-state index is 0. The predicted molar refractivity (Wildman–Crippen MR) is 219 cm³/mol. The number of furan rings is 1. The molecule has 0 unspecified atom stereocenters. The largest absolute Gasteiger partial charge is 0 e. The van der Waals surface area contributed by atoms with E-state index in [1.54, 1.807) is 10.6 Å². The van der Waals surface area contributed by atoms with Gasteiger partial charge in [-0.05, 0) is 47.4 Å². The molecule has 0 bridgehead atoms. The molecule has 1 radical (unpaired) electrons. The minimum Gasteiger partial charge on any atom is 0 e. The van der Waals surface area contributed by atoms with Gasteiger partial charge < -0.3 is 8.98 Å². The van der Waals surface area contributed by atoms with E-state index in [1.807, 2.05) is 60.7 Å². The Labute approximate surface area is 329 Å². The van der Waals surface area contributed by atoms with Crippen molar-refractivity contribution in [1.29, 1.82) is 0 Å². The molecule has 53 heavy (non-hydrogen) atoms. The summed E-state index contributed by atoms with van der Waals surface area (Å²) in [5, 5.41) is 2.01. The first-order chi connectivity index (χ1) is 24.9. The van der Waals surface area contributed by atoms with Gasteiger partial charge in [0.1, 0.15) is 0 Å². The monoisotopic (exact) mass is 937 g/mol. The molecule has 5 nitrogen and oxygen atoms in total. The van der Waals surface area contributed by atoms with Crippen LogP contribution in [0.15, 0.2) is 120 Å². The van der Waals surface area contributed by atoms with Crippen LogP contribution in [0.1, 0.15) is 45.7 Å². The summed E-state index contributed by atoms with van der Waals surface area (Å²) in [5.74, 6) is 8.80. The maximum atomic E-state index is 6.19. The van der Waals surface area contributed by atoms with Crippen LogP contribution in [-0.2, 0) is 31.9 Å². The van der Waals surface area contributed by atoms with E-state index in [2.05, 4.69) is 122 Å². The summed E-state index contributed by atoms with van der Waals surface area (Å²) in [7, 11) is 0. The van der Waals surface area contributed by atoms with Gasteiger partial charge in [0, 0.05) is 37.4 Å². The van der Waals surface area contributed by atoms with Crippen LogP contribution >= 0.6 is 0 Å². The summed E-state index contributed by atoms with van der Waals surface area (Å²) in [4.78, 5) is 14.1. The zero-order valence-corrected chi connectivity index (χ0v) is 36.3. The number of para-hydroxylation sites is 2. The molecule has 0 amide bonds. The molecular weight excluding hydrogens is 889 g/mol. The Hall–Kier alpha value is -4.36. The molecule has 0 atom stereocenters. The van der Waals surface area contributed by atoms with E-state index < -0.39 is 13.3 Å². The van der Waals surface area contributed by atoms with E-state index >= 15 is 0 Å². The van der Waals surface area contributed by atoms with Gasteiger partial charge in [0.2, 0.25) is 5.71 Å². The van der Waals surface area contributed by atoms with E-state index in [1.165, 1.54) is 11.1 Å². The average Bonchev–Trinajstić information content (AvgIpc) is 3.70. The molecule has 0 saturated carbocycles. The van der Waals surface area contributed by atoms with E-state index in [0.29, 0.717) is 11.6 Å². The fourth-order valence-corrected chi connectivity index (χ4v) is 10.1. The van der Waals surface area contributed by atoms with Crippen molar-refractivity contribution in [1.82, 2.24) is 19.5 Å². The molecule has 0 aliphatic heterocycles. The number of fused-ring (bicyclic) bond motifs is 4. The van der Waals surface area contributed by atoms with Crippen LogP contribution in [0, 0.1) is 18.1 Å². The van der Waals surface area contributed by atoms with Crippen molar-refractivity contribution in [2.24, 2.45) is 5.92 Å². The van der Waals surface area contributed by atoms with E-state index in [0.717, 1.165) is 62.1 Å². The number of imidazole rings is 1. The smallest absolute Gasteiger partial charge is 0 e. The van der Waals surface area contributed by atoms with Crippen LogP contribution in [0.5, 0.6) is 0 Å². The summed E-state index contributed by atoms with van der Waals surface area (Å²) in [6.45, 7) is 11.3. The van der Waals surface area contributed by atoms with Gasteiger partial charge in [-0.2, -0.15) is 0 Å². The van der Waals surface area contributed by atoms with Crippen molar-refractivity contribution in [2.45, 2.75) is 63.7 Å². The molecule has 0 fully saturated rings. The molecular formula is C46H46GeIrN4O-2. The number of nitrogens with zero attached hydrogens (tertiary/aromatic N) is 4. The van der Waals surface area contributed by atoms with Gasteiger partial charge in [-0.1, -0.05) is 56.0 Å². The van der Waals surface area contributed by atoms with Gasteiger partial charge in [-0.3, -0.25) is 4.98 Å². The van der Waals surface area contributed by atoms with E-state index in [4.69, 9.17) is 14.4 Å². The Kier molecular flexibility index (Phi) is 11.3. The number of hydrogen-bond donors (Lipinski definition) is 0. The second-order valence-corrected chi connectivity index (χ2v) is 26.5. The second kappa shape index (κ2) is 15.5. The maximum Gasteiger partial charge on any atom is 0 e. The van der Waals surface area contributed by atoms with Crippen molar-refractivity contribution >= 4 is 50.8 Å². The average molecular weight is 936 g/mol. The molecule has 271 valence electrons. The molecule has 8 aromatic rings. The van der Waals surface area contributed by atoms with Gasteiger partial charge in [-0.25, -0.2) is 4.98 Å². The number of pyridine rings is 2. The molecule has 7 heteroatoms. The number of hydrogen-bond acceptors (Lipinski definition) is 4. The first-order valence-electron chi connectivity index (χ1n) is 18.1. The van der Waals surface area contributed by atoms with Gasteiger partial charge >= 0.3 is 126 Å². The van der Waals surface area contributed by atoms with E-state index in [9.17, 15) is 0 Å². The standard InChI is InChI=1S/C28H22N3O.C18H24GeN.Ir/c1-28(2,3)18-13-15-19(16-14-18)31-24-12-5-4-11-23(24)30-26(31)22-9-6-8-20-21-10-7-17-29-27(21)32-25(20)22;1-14(2)11-16-12-18(15-9-7-6-8-10-15)20-13-17(16)19(3,4)5;/h4-8,10-17H,1-3H3;6-9,12-14H,11H2,1-5H3;/q2*-1;. The van der Waals surface area contributed by atoms with Gasteiger partial charge in [0.15, 0.2) is 0 Å². The molecule has 0 saturated heterocycles. The van der Waals surface area contributed by atoms with Gasteiger partial charge in [0.05, 0.1) is 22.4 Å². The summed E-state index contributed by atoms with van der Waals surface area (Å²) < 4.78 is 9.92. The summed E-state index contributed by atoms with van der Waals surface area (Å²) in [6, 6.07) is 41.9. The van der Waals surface area contributed by atoms with Crippen molar-refractivity contribution in [3.8, 4) is 28.3 Å². The Morgan fingerprint density at radius 1 is 0.811 bits per heavy atom. The first kappa shape index (κ1) is 38.4. The Morgan fingerprint density at radius 3 is 2.26 bits per heavy atom. The van der Waals surface area contributed by atoms with Crippen molar-refractivity contribution in [3.63, 3.8) is 0 Å². The van der Waals surface area contributed by atoms with Crippen LogP contribution in [0.3, 0.4) is 0 Å². The summed E-state index contributed by atoms with van der Waals surface area (Å²) in [6.07, 6.45) is 5.02. The van der Waals surface area contributed by atoms with Crippen LogP contribution in [0.4, 0.5) is 0 Å². The zero-order chi connectivity index (χ0) is 36.6. The van der Waals surface area contributed by atoms with Crippen molar-refractivity contribution in [2.75, 3.05) is 0 Å². The third-order valence-corrected chi connectivity index (χ3v) is 13.7. The van der Waals surface area contributed by atoms with E-state index in [-0.39, 0.29) is 25.5 Å². The Balaban J connectivity index is 0.000000199. The number of rotatable bonds is 6. The molecule has 8 rings (SSSR count). The van der Waals surface area contributed by atoms with Gasteiger partial charge in [0.25, 0.3) is 0 Å². The Bertz CT molecular complexity index is 2490. The van der Waals surface area contributed by atoms with Crippen LogP contribution in [0.25, 0.3) is 61.4 Å². The second-order valence-electron chi connectivity index (χ2n) is 16.0. The Morgan fingerprint density at radius 2 is 1.57 bits per heavy atom. The molecule has 4 aromatic carbocycles. The van der Waals surface area contributed by atoms with Gasteiger partial charge in [-0.15, -0.1) is 18.2 Å². The molecule has 4 aromatic heterocycles. The topological polar surface area (TPSA) is 56.7 Å². The quantitative estimate of drug-likeness (QED) is 0.123. The normalized spacial score (nSPS) is 11.9. The first-order valence-corrected chi connectivity index (χ1v) is 25.5. The summed E-state index contributed by atoms with van der Waals surface area (Å²) in [5.41, 5.74) is 10.3. The molecule has 0 aliphatic rings. The van der Waals surface area contributed by atoms with Crippen molar-refractivity contribution in [3.05, 3.63) is 139 Å². The van der Waals surface area contributed by atoms with Crippen LogP contribution in [-0.4, -0.2) is 32.8 Å². The molecule has 0 spiro atoms. The third kappa shape index (κ3) is 8.11. The van der Waals surface area contributed by atoms with Crippen LogP contribution < -0.4 is 4.40 Å². The zero-order valence-electron chi connectivity index (χ0n) is 31.8. The molecule has 4 heterocycles. The SMILES string of the molecule is CC(C)(C)c1ccc(-n2c(-c3[c-]ccc4c3oc3ncccc34)nc3ccccc32)cc1.CC(C)Cc1cc(-c2[c-]cccc2)nc[c]1[Ge]([CH3])([CH3])[CH3].[Ir].